The largest absolute Gasteiger partial charge is 1.00 e. The molecule has 5 heteroatoms. The van der Waals surface area contributed by atoms with Crippen LogP contribution in [0, 0.1) is 30.5 Å². The fourth-order valence-electron chi connectivity index (χ4n) is 7.12. The van der Waals surface area contributed by atoms with Crippen molar-refractivity contribution in [1.82, 2.24) is 0 Å². The second kappa shape index (κ2) is 22.0. The fourth-order valence-corrected chi connectivity index (χ4v) is 8.13. The molecule has 1 aliphatic rings. The van der Waals surface area contributed by atoms with Crippen molar-refractivity contribution in [1.29, 1.82) is 0 Å². The van der Waals surface area contributed by atoms with Crippen LogP contribution >= 0.6 is 0 Å². The zero-order chi connectivity index (χ0) is 37.9. The maximum atomic E-state index is 12.8. The van der Waals surface area contributed by atoms with Crippen molar-refractivity contribution in [3.05, 3.63) is 220 Å². The topological polar surface area (TPSA) is 0 Å². The van der Waals surface area contributed by atoms with Crippen molar-refractivity contribution in [2.75, 3.05) is 0 Å². The van der Waals surface area contributed by atoms with Crippen LogP contribution in [0.1, 0.15) is 58.7 Å². The van der Waals surface area contributed by atoms with Gasteiger partial charge in [-0.2, -0.15) is 42.0 Å². The third kappa shape index (κ3) is 12.4. The summed E-state index contributed by atoms with van der Waals surface area (Å²) in [5, 5.41) is 0. The molecule has 7 aromatic rings. The van der Waals surface area contributed by atoms with E-state index in [1.807, 2.05) is 54.6 Å². The molecule has 8 rings (SSSR count). The van der Waals surface area contributed by atoms with E-state index in [0.717, 1.165) is 36.8 Å². The standard InChI is InChI=1S/C31H29.C15H12F2.C5H5.2ClH.Zr/c1-21(2)29(24-10-6-4-7-11-24)18-23-14-15-28-26(17-23)19-27-20-30(22(3)16-31(27)28)25-12-8-5-9-13-25;16-14-8-4-12(5-9-14)2-1-3-13-6-10-15(17)11-7-13;1-2-4-5-3-1;;;/h4-16,20-21,29H,18-19H2,1-3H3;4-11H,2-3H2;1-5H;2*1H;/q-1;;-1;;;+2/p-2. The van der Waals surface area contributed by atoms with E-state index in [-0.39, 0.29) is 36.4 Å². The minimum Gasteiger partial charge on any atom is -1.00 e. The van der Waals surface area contributed by atoms with Gasteiger partial charge in [-0.15, -0.1) is 11.1 Å². The maximum Gasteiger partial charge on any atom is -0.172 e. The molecule has 56 heavy (non-hydrogen) atoms. The zero-order valence-electron chi connectivity index (χ0n) is 32.1. The Morgan fingerprint density at radius 2 is 1.21 bits per heavy atom. The van der Waals surface area contributed by atoms with Gasteiger partial charge in [-0.1, -0.05) is 92.2 Å². The molecule has 0 spiro atoms. The Balaban J connectivity index is 0.000000236. The van der Waals surface area contributed by atoms with Gasteiger partial charge < -0.3 is 24.8 Å². The predicted octanol–water partition coefficient (Wildman–Crippen LogP) is 6.90. The Hall–Kier alpha value is -4.14. The van der Waals surface area contributed by atoms with Crippen LogP contribution in [-0.2, 0) is 49.9 Å². The van der Waals surface area contributed by atoms with Crippen molar-refractivity contribution in [2.24, 2.45) is 5.92 Å². The molecule has 1 unspecified atom stereocenters. The molecular formula is C51H46Cl2F2Zr-2. The van der Waals surface area contributed by atoms with Gasteiger partial charge in [0.1, 0.15) is 0 Å². The van der Waals surface area contributed by atoms with Crippen molar-refractivity contribution < 1.29 is 57.8 Å². The normalized spacial score (nSPS) is 11.4. The van der Waals surface area contributed by atoms with E-state index >= 15 is 0 Å². The van der Waals surface area contributed by atoms with Crippen LogP contribution in [0.4, 0.5) is 8.78 Å². The molecular weight excluding hydrogens is 813 g/mol. The molecule has 1 aliphatic carbocycles. The second-order valence-corrected chi connectivity index (χ2v) is 16.1. The Labute approximate surface area is 359 Å². The predicted molar refractivity (Wildman–Crippen MR) is 219 cm³/mol. The van der Waals surface area contributed by atoms with Crippen LogP contribution in [0.25, 0.3) is 22.3 Å². The molecule has 0 radical (unpaired) electrons. The van der Waals surface area contributed by atoms with Gasteiger partial charge in [-0.05, 0) is 59.4 Å². The summed E-state index contributed by atoms with van der Waals surface area (Å²) in [6.45, 7) is 6.88. The summed E-state index contributed by atoms with van der Waals surface area (Å²) in [5.74, 6) is 0.703. The summed E-state index contributed by atoms with van der Waals surface area (Å²) < 4.78 is 26.9. The second-order valence-electron chi connectivity index (χ2n) is 14.4. The van der Waals surface area contributed by atoms with Crippen LogP contribution < -0.4 is 24.8 Å². The number of halogens is 4. The van der Waals surface area contributed by atoms with Crippen molar-refractivity contribution >= 4 is 3.21 Å². The smallest absolute Gasteiger partial charge is 0.172 e. The number of rotatable bonds is 9. The van der Waals surface area contributed by atoms with Crippen LogP contribution in [0.3, 0.4) is 0 Å². The Morgan fingerprint density at radius 1 is 0.661 bits per heavy atom. The molecule has 0 N–H and O–H groups in total. The summed E-state index contributed by atoms with van der Waals surface area (Å²) in [4.78, 5) is 0. The first-order chi connectivity index (χ1) is 26.2. The van der Waals surface area contributed by atoms with E-state index in [2.05, 4.69) is 112 Å². The molecule has 0 aliphatic heterocycles. The van der Waals surface area contributed by atoms with E-state index in [0.29, 0.717) is 11.8 Å². The number of hydrogen-bond acceptors (Lipinski definition) is 0. The Morgan fingerprint density at radius 3 is 1.73 bits per heavy atom. The third-order valence-electron chi connectivity index (χ3n) is 9.97. The minimum atomic E-state index is -0.206. The van der Waals surface area contributed by atoms with Gasteiger partial charge >= 0.3 is 120 Å². The van der Waals surface area contributed by atoms with Gasteiger partial charge in [0.15, 0.2) is 0 Å². The molecule has 0 nitrogen and oxygen atoms in total. The van der Waals surface area contributed by atoms with Gasteiger partial charge in [0, 0.05) is 0 Å². The number of benzene rings is 6. The fraction of sp³-hybridized carbons (Fsp3) is 0.176. The summed E-state index contributed by atoms with van der Waals surface area (Å²) >= 11 is 1.36. The molecule has 0 saturated carbocycles. The molecule has 0 heterocycles. The molecule has 0 bridgehead atoms. The van der Waals surface area contributed by atoms with Gasteiger partial charge in [0.25, 0.3) is 0 Å². The maximum absolute atomic E-state index is 12.8. The van der Waals surface area contributed by atoms with Crippen molar-refractivity contribution in [3.8, 4) is 22.3 Å². The van der Waals surface area contributed by atoms with Crippen LogP contribution in [0.15, 0.2) is 164 Å². The zero-order valence-corrected chi connectivity index (χ0v) is 36.1. The van der Waals surface area contributed by atoms with Crippen molar-refractivity contribution in [3.63, 3.8) is 0 Å². The average Bonchev–Trinajstić information content (AvgIpc) is 3.88. The van der Waals surface area contributed by atoms with Crippen LogP contribution in [-0.4, -0.2) is 3.21 Å². The molecule has 0 aromatic heterocycles. The van der Waals surface area contributed by atoms with Gasteiger partial charge in [-0.3, -0.25) is 0 Å². The van der Waals surface area contributed by atoms with E-state index in [1.54, 1.807) is 0 Å². The van der Waals surface area contributed by atoms with E-state index in [1.165, 1.54) is 102 Å². The van der Waals surface area contributed by atoms with E-state index < -0.39 is 0 Å². The molecule has 0 amide bonds. The van der Waals surface area contributed by atoms with Gasteiger partial charge in [0.2, 0.25) is 0 Å². The average molecular weight is 859 g/mol. The molecule has 1 atom stereocenters. The molecule has 7 aromatic carbocycles. The Kier molecular flexibility index (Phi) is 17.5. The third-order valence-corrected chi connectivity index (χ3v) is 10.8. The first kappa shape index (κ1) is 44.6. The molecule has 0 fully saturated rings. The van der Waals surface area contributed by atoms with Gasteiger partial charge in [-0.25, -0.2) is 12.1 Å². The van der Waals surface area contributed by atoms with Gasteiger partial charge in [0.05, 0.1) is 0 Å². The summed E-state index contributed by atoms with van der Waals surface area (Å²) in [5.41, 5.74) is 14.5. The van der Waals surface area contributed by atoms with Crippen molar-refractivity contribution in [2.45, 2.75) is 52.4 Å². The Bertz CT molecular complexity index is 2160. The number of fused-ring (bicyclic) bond motifs is 3. The minimum absolute atomic E-state index is 0. The van der Waals surface area contributed by atoms with E-state index in [4.69, 9.17) is 0 Å². The number of aryl methyl sites for hydroxylation is 1. The summed E-state index contributed by atoms with van der Waals surface area (Å²) in [7, 11) is 0. The summed E-state index contributed by atoms with van der Waals surface area (Å²) in [6, 6.07) is 58.0. The van der Waals surface area contributed by atoms with Crippen LogP contribution in [0.5, 0.6) is 0 Å². The SMILES string of the molecule is Cc1cc2c(cc1-c1ccccc1)Cc1[c-]c(CC(c3ccccc3)C(C)C)ccc1-2.Fc1ccc(C[C](=[Zr+2])Cc2ccc(F)cc2)cc1.[Cl-].[Cl-].c1cc[cH-]c1. The first-order valence-corrected chi connectivity index (χ1v) is 20.0. The van der Waals surface area contributed by atoms with E-state index in [9.17, 15) is 8.78 Å². The van der Waals surface area contributed by atoms with Crippen LogP contribution in [0.2, 0.25) is 0 Å². The molecule has 284 valence electrons. The quantitative estimate of drug-likeness (QED) is 0.139. The first-order valence-electron chi connectivity index (χ1n) is 18.7. The monoisotopic (exact) mass is 856 g/mol. The number of hydrogen-bond donors (Lipinski definition) is 0. The summed E-state index contributed by atoms with van der Waals surface area (Å²) in [6.07, 6.45) is 3.74. The molecule has 0 saturated heterocycles.